The van der Waals surface area contributed by atoms with Crippen molar-refractivity contribution in [2.75, 3.05) is 32.6 Å². The van der Waals surface area contributed by atoms with Crippen LogP contribution in [0.2, 0.25) is 0 Å². The molecule has 1 aromatic carbocycles. The number of nitrogens with zero attached hydrogens (tertiary/aromatic N) is 1. The second kappa shape index (κ2) is 7.14. The number of hydrogen-bond donors (Lipinski definition) is 1. The Kier molecular flexibility index (Phi) is 5.83. The SMILES string of the molecule is CNCC(C(=O)N(C)c1cccc(OC)c1)C(C)C. The van der Waals surface area contributed by atoms with Crippen LogP contribution in [0.3, 0.4) is 0 Å². The molecule has 1 N–H and O–H groups in total. The first-order valence-corrected chi connectivity index (χ1v) is 6.57. The summed E-state index contributed by atoms with van der Waals surface area (Å²) in [5, 5.41) is 3.09. The largest absolute Gasteiger partial charge is 0.497 e. The Morgan fingerprint density at radius 2 is 2.11 bits per heavy atom. The second-order valence-electron chi connectivity index (χ2n) is 5.01. The van der Waals surface area contributed by atoms with Crippen molar-refractivity contribution < 1.29 is 9.53 Å². The molecule has 0 fully saturated rings. The molecule has 0 aliphatic carbocycles. The van der Waals surface area contributed by atoms with Crippen molar-refractivity contribution in [1.29, 1.82) is 0 Å². The number of carbonyl (C=O) groups excluding carboxylic acids is 1. The van der Waals surface area contributed by atoms with E-state index in [0.717, 1.165) is 11.4 Å². The third-order valence-electron chi connectivity index (χ3n) is 3.32. The van der Waals surface area contributed by atoms with Gasteiger partial charge >= 0.3 is 0 Å². The van der Waals surface area contributed by atoms with Gasteiger partial charge in [-0.15, -0.1) is 0 Å². The summed E-state index contributed by atoms with van der Waals surface area (Å²) in [4.78, 5) is 14.2. The van der Waals surface area contributed by atoms with E-state index in [0.29, 0.717) is 12.5 Å². The summed E-state index contributed by atoms with van der Waals surface area (Å²) < 4.78 is 5.19. The Morgan fingerprint density at radius 1 is 1.42 bits per heavy atom. The van der Waals surface area contributed by atoms with Crippen LogP contribution in [-0.2, 0) is 4.79 Å². The van der Waals surface area contributed by atoms with Crippen molar-refractivity contribution in [2.45, 2.75) is 13.8 Å². The van der Waals surface area contributed by atoms with Gasteiger partial charge in [-0.25, -0.2) is 0 Å². The molecular weight excluding hydrogens is 240 g/mol. The van der Waals surface area contributed by atoms with Crippen LogP contribution < -0.4 is 15.0 Å². The van der Waals surface area contributed by atoms with E-state index in [1.807, 2.05) is 38.4 Å². The monoisotopic (exact) mass is 264 g/mol. The number of anilines is 1. The van der Waals surface area contributed by atoms with E-state index >= 15 is 0 Å². The van der Waals surface area contributed by atoms with E-state index in [4.69, 9.17) is 4.74 Å². The normalized spacial score (nSPS) is 12.3. The van der Waals surface area contributed by atoms with Crippen molar-refractivity contribution in [3.05, 3.63) is 24.3 Å². The summed E-state index contributed by atoms with van der Waals surface area (Å²) in [6.45, 7) is 4.82. The lowest BCUT2D eigenvalue weighted by Gasteiger charge is -2.26. The minimum Gasteiger partial charge on any atom is -0.497 e. The average Bonchev–Trinajstić information content (AvgIpc) is 2.42. The van der Waals surface area contributed by atoms with Crippen LogP contribution in [0.4, 0.5) is 5.69 Å². The van der Waals surface area contributed by atoms with Gasteiger partial charge in [0.15, 0.2) is 0 Å². The van der Waals surface area contributed by atoms with Crippen LogP contribution in [0.5, 0.6) is 5.75 Å². The van der Waals surface area contributed by atoms with Crippen molar-refractivity contribution in [1.82, 2.24) is 5.32 Å². The standard InChI is InChI=1S/C15H24N2O2/c1-11(2)14(10-16-3)15(18)17(4)12-7-6-8-13(9-12)19-5/h6-9,11,14,16H,10H2,1-5H3. The van der Waals surface area contributed by atoms with Crippen LogP contribution in [0.1, 0.15) is 13.8 Å². The topological polar surface area (TPSA) is 41.6 Å². The highest BCUT2D eigenvalue weighted by molar-refractivity contribution is 5.95. The third kappa shape index (κ3) is 3.96. The summed E-state index contributed by atoms with van der Waals surface area (Å²) in [5.41, 5.74) is 0.853. The second-order valence-corrected chi connectivity index (χ2v) is 5.01. The van der Waals surface area contributed by atoms with Gasteiger partial charge in [0, 0.05) is 25.3 Å². The number of amides is 1. The van der Waals surface area contributed by atoms with Crippen LogP contribution in [0.15, 0.2) is 24.3 Å². The maximum atomic E-state index is 12.5. The van der Waals surface area contributed by atoms with Gasteiger partial charge in [-0.1, -0.05) is 19.9 Å². The first kappa shape index (κ1) is 15.5. The molecule has 0 bridgehead atoms. The van der Waals surface area contributed by atoms with Crippen molar-refractivity contribution in [2.24, 2.45) is 11.8 Å². The Morgan fingerprint density at radius 3 is 2.63 bits per heavy atom. The van der Waals surface area contributed by atoms with Gasteiger partial charge in [-0.2, -0.15) is 0 Å². The number of carbonyl (C=O) groups is 1. The molecule has 0 radical (unpaired) electrons. The Hall–Kier alpha value is -1.55. The van der Waals surface area contributed by atoms with Crippen LogP contribution in [0.25, 0.3) is 0 Å². The molecule has 0 aliphatic heterocycles. The highest BCUT2D eigenvalue weighted by atomic mass is 16.5. The highest BCUT2D eigenvalue weighted by Gasteiger charge is 2.25. The molecular formula is C15H24N2O2. The lowest BCUT2D eigenvalue weighted by Crippen LogP contribution is -2.40. The van der Waals surface area contributed by atoms with Gasteiger partial charge in [0.05, 0.1) is 13.0 Å². The summed E-state index contributed by atoms with van der Waals surface area (Å²) in [7, 11) is 5.30. The third-order valence-corrected chi connectivity index (χ3v) is 3.32. The van der Waals surface area contributed by atoms with Crippen LogP contribution >= 0.6 is 0 Å². The highest BCUT2D eigenvalue weighted by Crippen LogP contribution is 2.23. The Labute approximate surface area is 115 Å². The smallest absolute Gasteiger partial charge is 0.231 e. The molecule has 1 rings (SSSR count). The summed E-state index contributed by atoms with van der Waals surface area (Å²) in [5.74, 6) is 1.15. The molecule has 1 amide bonds. The maximum Gasteiger partial charge on any atom is 0.231 e. The molecule has 0 aliphatic rings. The lowest BCUT2D eigenvalue weighted by molar-refractivity contribution is -0.123. The van der Waals surface area contributed by atoms with Crippen LogP contribution in [0, 0.1) is 11.8 Å². The van der Waals surface area contributed by atoms with E-state index in [-0.39, 0.29) is 11.8 Å². The zero-order valence-corrected chi connectivity index (χ0v) is 12.4. The fraction of sp³-hybridized carbons (Fsp3) is 0.533. The number of hydrogen-bond acceptors (Lipinski definition) is 3. The predicted octanol–water partition coefficient (Wildman–Crippen LogP) is 2.15. The van der Waals surface area contributed by atoms with Gasteiger partial charge in [-0.05, 0) is 25.1 Å². The maximum absolute atomic E-state index is 12.5. The van der Waals surface area contributed by atoms with E-state index in [9.17, 15) is 4.79 Å². The summed E-state index contributed by atoms with van der Waals surface area (Å²) >= 11 is 0. The van der Waals surface area contributed by atoms with Crippen molar-refractivity contribution >= 4 is 11.6 Å². The molecule has 0 saturated carbocycles. The number of benzene rings is 1. The number of nitrogens with one attached hydrogen (secondary N) is 1. The number of ether oxygens (including phenoxy) is 1. The first-order chi connectivity index (χ1) is 9.01. The average molecular weight is 264 g/mol. The van der Waals surface area contributed by atoms with Gasteiger partial charge in [-0.3, -0.25) is 4.79 Å². The number of rotatable bonds is 6. The first-order valence-electron chi connectivity index (χ1n) is 6.57. The molecule has 1 aromatic rings. The van der Waals surface area contributed by atoms with Gasteiger partial charge in [0.1, 0.15) is 5.75 Å². The molecule has 0 saturated heterocycles. The summed E-state index contributed by atoms with van der Waals surface area (Å²) in [6, 6.07) is 7.54. The zero-order chi connectivity index (χ0) is 14.4. The molecule has 4 heteroatoms. The molecule has 1 unspecified atom stereocenters. The molecule has 0 spiro atoms. The van der Waals surface area contributed by atoms with Crippen LogP contribution in [-0.4, -0.2) is 33.7 Å². The molecule has 19 heavy (non-hydrogen) atoms. The molecule has 4 nitrogen and oxygen atoms in total. The van der Waals surface area contributed by atoms with Gasteiger partial charge < -0.3 is 15.0 Å². The van der Waals surface area contributed by atoms with Gasteiger partial charge in [0.2, 0.25) is 5.91 Å². The minimum absolute atomic E-state index is 0.0267. The molecule has 0 heterocycles. The molecule has 1 atom stereocenters. The van der Waals surface area contributed by atoms with E-state index in [1.54, 1.807) is 12.0 Å². The lowest BCUT2D eigenvalue weighted by atomic mass is 9.94. The zero-order valence-electron chi connectivity index (χ0n) is 12.4. The predicted molar refractivity (Wildman–Crippen MR) is 78.7 cm³/mol. The van der Waals surface area contributed by atoms with E-state index in [1.165, 1.54) is 0 Å². The van der Waals surface area contributed by atoms with E-state index < -0.39 is 0 Å². The molecule has 106 valence electrons. The summed E-state index contributed by atoms with van der Waals surface area (Å²) in [6.07, 6.45) is 0. The number of methoxy groups -OCH3 is 1. The van der Waals surface area contributed by atoms with Crippen molar-refractivity contribution in [3.8, 4) is 5.75 Å². The van der Waals surface area contributed by atoms with Crippen molar-refractivity contribution in [3.63, 3.8) is 0 Å². The quantitative estimate of drug-likeness (QED) is 0.856. The Balaban J connectivity index is 2.90. The van der Waals surface area contributed by atoms with E-state index in [2.05, 4.69) is 19.2 Å². The molecule has 0 aromatic heterocycles. The van der Waals surface area contributed by atoms with Gasteiger partial charge in [0.25, 0.3) is 0 Å². The fourth-order valence-corrected chi connectivity index (χ4v) is 2.02. The Bertz CT molecular complexity index is 418. The minimum atomic E-state index is -0.0267. The fourth-order valence-electron chi connectivity index (χ4n) is 2.02.